The van der Waals surface area contributed by atoms with E-state index < -0.39 is 35.2 Å². The maximum Gasteiger partial charge on any atom is 0.352 e. The van der Waals surface area contributed by atoms with Crippen LogP contribution in [0.25, 0.3) is 0 Å². The molecule has 1 aromatic heterocycles. The normalized spacial score (nSPS) is 23.2. The van der Waals surface area contributed by atoms with Gasteiger partial charge in [0.1, 0.15) is 17.1 Å². The fraction of sp³-hybridized carbons (Fsp3) is 0.476. The molecule has 0 spiro atoms. The van der Waals surface area contributed by atoms with Crippen molar-refractivity contribution in [3.05, 3.63) is 38.9 Å². The number of nitrogen functional groups attached to an aromatic ring is 1. The maximum atomic E-state index is 12.9. The molecule has 0 radical (unpaired) electrons. The average Bonchev–Trinajstić information content (AvgIpc) is 3.45. The summed E-state index contributed by atoms with van der Waals surface area (Å²) in [6.45, 7) is 1.89. The number of aliphatic carboxylic acids is 1. The van der Waals surface area contributed by atoms with Crippen molar-refractivity contribution in [1.82, 2.24) is 25.4 Å². The number of carboxylic acid groups (broad SMARTS) is 1. The molecule has 0 bridgehead atoms. The average molecular weight is 552 g/mol. The summed E-state index contributed by atoms with van der Waals surface area (Å²) in [5.74, 6) is -2.80. The molecular weight excluding hydrogens is 526 g/mol. The number of hydrogen-bond acceptors (Lipinski definition) is 12. The first-order valence-electron chi connectivity index (χ1n) is 11.3. The fourth-order valence-corrected chi connectivity index (χ4v) is 6.18. The van der Waals surface area contributed by atoms with Crippen LogP contribution in [0.1, 0.15) is 18.2 Å². The summed E-state index contributed by atoms with van der Waals surface area (Å²) in [4.78, 5) is 68.3. The third-order valence-electron chi connectivity index (χ3n) is 6.08. The van der Waals surface area contributed by atoms with Gasteiger partial charge in [-0.3, -0.25) is 19.3 Å². The van der Waals surface area contributed by atoms with Crippen LogP contribution >= 0.6 is 23.1 Å². The van der Waals surface area contributed by atoms with Crippen molar-refractivity contribution in [1.29, 1.82) is 0 Å². The van der Waals surface area contributed by atoms with E-state index in [2.05, 4.69) is 20.8 Å². The topological polar surface area (TPSA) is 208 Å². The van der Waals surface area contributed by atoms with Gasteiger partial charge in [-0.2, -0.15) is 0 Å². The molecule has 3 aliphatic rings. The number of anilines is 1. The van der Waals surface area contributed by atoms with Gasteiger partial charge in [-0.15, -0.1) is 28.0 Å². The maximum absolute atomic E-state index is 12.9. The smallest absolute Gasteiger partial charge is 0.352 e. The van der Waals surface area contributed by atoms with E-state index >= 15 is 0 Å². The SMILES string of the molecule is Nc1nc(C(N=O)C(=O)NC2C(=O)N3C(C(=O)O)=C(C=C4CCN(CCNCCO)C4=O)CSC23)cs1. The molecule has 3 amide bonds. The number of thiazole rings is 1. The minimum absolute atomic E-state index is 0.000875. The van der Waals surface area contributed by atoms with Crippen LogP contribution in [0.2, 0.25) is 0 Å². The molecule has 2 saturated heterocycles. The highest BCUT2D eigenvalue weighted by molar-refractivity contribution is 8.00. The van der Waals surface area contributed by atoms with Gasteiger partial charge >= 0.3 is 5.97 Å². The summed E-state index contributed by atoms with van der Waals surface area (Å²) in [5, 5.41) is 27.9. The number of nitroso groups, excluding NO2 is 1. The Bertz CT molecular complexity index is 1180. The van der Waals surface area contributed by atoms with Crippen molar-refractivity contribution < 1.29 is 29.4 Å². The Morgan fingerprint density at radius 1 is 1.35 bits per heavy atom. The molecule has 37 heavy (non-hydrogen) atoms. The van der Waals surface area contributed by atoms with Gasteiger partial charge in [0, 0.05) is 42.9 Å². The molecule has 3 aliphatic heterocycles. The molecule has 2 fully saturated rings. The van der Waals surface area contributed by atoms with E-state index in [0.29, 0.717) is 43.7 Å². The Morgan fingerprint density at radius 3 is 2.78 bits per heavy atom. The minimum Gasteiger partial charge on any atom is -0.477 e. The van der Waals surface area contributed by atoms with Gasteiger partial charge in [0.05, 0.1) is 12.3 Å². The molecule has 1 aromatic rings. The van der Waals surface area contributed by atoms with Crippen LogP contribution < -0.4 is 16.4 Å². The van der Waals surface area contributed by atoms with Crippen LogP contribution in [0.5, 0.6) is 0 Å². The van der Waals surface area contributed by atoms with Gasteiger partial charge in [-0.1, -0.05) is 0 Å². The van der Waals surface area contributed by atoms with Crippen molar-refractivity contribution in [2.75, 3.05) is 44.3 Å². The molecule has 4 rings (SSSR count). The number of thioether (sulfide) groups is 1. The lowest BCUT2D eigenvalue weighted by molar-refractivity contribution is -0.150. The van der Waals surface area contributed by atoms with Crippen molar-refractivity contribution in [2.24, 2.45) is 5.18 Å². The second kappa shape index (κ2) is 11.4. The molecule has 0 saturated carbocycles. The molecule has 198 valence electrons. The molecular formula is C21H25N7O7S2. The van der Waals surface area contributed by atoms with Crippen LogP contribution in [0.15, 0.2) is 33.5 Å². The lowest BCUT2D eigenvalue weighted by atomic mass is 10.0. The van der Waals surface area contributed by atoms with Crippen molar-refractivity contribution in [2.45, 2.75) is 23.9 Å². The van der Waals surface area contributed by atoms with E-state index in [0.717, 1.165) is 16.2 Å². The van der Waals surface area contributed by atoms with E-state index in [1.165, 1.54) is 23.2 Å². The Kier molecular flexibility index (Phi) is 8.21. The largest absolute Gasteiger partial charge is 0.477 e. The summed E-state index contributed by atoms with van der Waals surface area (Å²) in [6.07, 6.45) is 1.98. The molecule has 4 heterocycles. The number of hydrogen-bond donors (Lipinski definition) is 5. The third kappa shape index (κ3) is 5.36. The molecule has 0 aliphatic carbocycles. The molecule has 3 unspecified atom stereocenters. The predicted molar refractivity (Wildman–Crippen MR) is 134 cm³/mol. The number of aromatic nitrogens is 1. The number of likely N-dealkylation sites (tertiary alicyclic amines) is 1. The van der Waals surface area contributed by atoms with Gasteiger partial charge in [0.15, 0.2) is 5.13 Å². The number of nitrogens with two attached hydrogens (primary N) is 1. The zero-order valence-corrected chi connectivity index (χ0v) is 21.1. The van der Waals surface area contributed by atoms with Gasteiger partial charge in [-0.25, -0.2) is 9.78 Å². The van der Waals surface area contributed by atoms with Crippen LogP contribution in [0, 0.1) is 4.91 Å². The van der Waals surface area contributed by atoms with Crippen molar-refractivity contribution in [3.8, 4) is 0 Å². The van der Waals surface area contributed by atoms with Crippen molar-refractivity contribution in [3.63, 3.8) is 0 Å². The number of nitrogens with one attached hydrogen (secondary N) is 2. The summed E-state index contributed by atoms with van der Waals surface area (Å²) in [6, 6.07) is -2.54. The summed E-state index contributed by atoms with van der Waals surface area (Å²) >= 11 is 2.28. The van der Waals surface area contributed by atoms with Crippen LogP contribution in [-0.4, -0.2) is 98.6 Å². The zero-order chi connectivity index (χ0) is 26.7. The highest BCUT2D eigenvalue weighted by Crippen LogP contribution is 2.41. The molecule has 14 nitrogen and oxygen atoms in total. The van der Waals surface area contributed by atoms with Gasteiger partial charge in [0.2, 0.25) is 11.9 Å². The first-order valence-corrected chi connectivity index (χ1v) is 13.3. The summed E-state index contributed by atoms with van der Waals surface area (Å²) in [5.41, 5.74) is 6.17. The number of carbonyl (C=O) groups excluding carboxylic acids is 3. The fourth-order valence-electron chi connectivity index (χ4n) is 4.29. The first kappa shape index (κ1) is 26.7. The number of fused-ring (bicyclic) bond motifs is 1. The Labute approximate surface area is 218 Å². The summed E-state index contributed by atoms with van der Waals surface area (Å²) < 4.78 is 0. The first-order chi connectivity index (χ1) is 17.8. The third-order valence-corrected chi connectivity index (χ3v) is 8.07. The molecule has 6 N–H and O–H groups in total. The second-order valence-corrected chi connectivity index (χ2v) is 10.4. The zero-order valence-electron chi connectivity index (χ0n) is 19.5. The number of carbonyl (C=O) groups is 4. The van der Waals surface area contributed by atoms with E-state index in [9.17, 15) is 29.2 Å². The van der Waals surface area contributed by atoms with Gasteiger partial charge < -0.3 is 31.5 Å². The number of carboxylic acids is 1. The number of allylic oxidation sites excluding steroid dienone is 1. The molecule has 3 atom stereocenters. The number of rotatable bonds is 11. The van der Waals surface area contributed by atoms with E-state index in [4.69, 9.17) is 10.8 Å². The van der Waals surface area contributed by atoms with Gasteiger partial charge in [-0.05, 0) is 23.2 Å². The molecule has 16 heteroatoms. The van der Waals surface area contributed by atoms with Crippen LogP contribution in [0.3, 0.4) is 0 Å². The van der Waals surface area contributed by atoms with E-state index in [-0.39, 0.29) is 34.8 Å². The van der Waals surface area contributed by atoms with Crippen molar-refractivity contribution >= 4 is 51.9 Å². The van der Waals surface area contributed by atoms with E-state index in [1.807, 2.05) is 0 Å². The highest BCUT2D eigenvalue weighted by Gasteiger charge is 2.54. The Balaban J connectivity index is 1.46. The van der Waals surface area contributed by atoms with Crippen LogP contribution in [0.4, 0.5) is 5.13 Å². The quantitative estimate of drug-likeness (QED) is 0.0976. The van der Waals surface area contributed by atoms with E-state index in [1.54, 1.807) is 4.90 Å². The second-order valence-electron chi connectivity index (χ2n) is 8.38. The summed E-state index contributed by atoms with van der Waals surface area (Å²) in [7, 11) is 0. The standard InChI is InChI=1S/C21H25N7O7S2/c22-21-24-12(9-37-21)13(26-35)16(30)25-14-18(32)28-15(20(33)34)11(8-36-19(14)28)7-10-1-4-27(17(10)31)5-2-23-3-6-29/h7,9,13-14,19,23,29H,1-6,8H2,(H2,22,24)(H,25,30)(H,33,34). The number of nitrogens with zero attached hydrogens (tertiary/aromatic N) is 4. The van der Waals surface area contributed by atoms with Gasteiger partial charge in [0.25, 0.3) is 11.8 Å². The lowest BCUT2D eigenvalue weighted by Crippen LogP contribution is -2.70. The number of β-lactam (4-membered cyclic amide) rings is 1. The number of aliphatic hydroxyl groups is 1. The Hall–Kier alpha value is -3.34. The monoisotopic (exact) mass is 551 g/mol. The highest BCUT2D eigenvalue weighted by atomic mass is 32.2. The number of aliphatic hydroxyl groups excluding tert-OH is 1. The van der Waals surface area contributed by atoms with Crippen LogP contribution in [-0.2, 0) is 19.2 Å². The minimum atomic E-state index is -1.49. The number of amides is 3. The Morgan fingerprint density at radius 2 is 2.14 bits per heavy atom. The molecule has 0 aromatic carbocycles. The lowest BCUT2D eigenvalue weighted by Gasteiger charge is -2.49. The predicted octanol–water partition coefficient (Wildman–Crippen LogP) is -0.988.